The molecule has 1 fully saturated rings. The average molecular weight is 305 g/mol. The van der Waals surface area contributed by atoms with Gasteiger partial charge in [0.05, 0.1) is 11.1 Å². The van der Waals surface area contributed by atoms with Crippen LogP contribution in [0.4, 0.5) is 0 Å². The van der Waals surface area contributed by atoms with E-state index in [1.165, 1.54) is 5.56 Å². The highest BCUT2D eigenvalue weighted by molar-refractivity contribution is 6.30. The SMILES string of the molecule is Cc1ccc2cc(CN3CC(O)(C(C)C)C3)c(Cl)nc2c1. The number of aryl methyl sites for hydroxylation is 1. The Hall–Kier alpha value is -1.16. The average Bonchev–Trinajstić information content (AvgIpc) is 2.37. The monoisotopic (exact) mass is 304 g/mol. The Morgan fingerprint density at radius 3 is 2.71 bits per heavy atom. The van der Waals surface area contributed by atoms with E-state index in [0.29, 0.717) is 18.2 Å². The minimum Gasteiger partial charge on any atom is -0.387 e. The van der Waals surface area contributed by atoms with Gasteiger partial charge in [0.1, 0.15) is 5.15 Å². The lowest BCUT2D eigenvalue weighted by molar-refractivity contribution is -0.130. The van der Waals surface area contributed by atoms with Crippen LogP contribution in [0, 0.1) is 12.8 Å². The van der Waals surface area contributed by atoms with Gasteiger partial charge in [0.25, 0.3) is 0 Å². The maximum atomic E-state index is 10.3. The van der Waals surface area contributed by atoms with E-state index in [-0.39, 0.29) is 5.92 Å². The molecule has 1 aromatic heterocycles. The Balaban J connectivity index is 1.79. The molecule has 3 nitrogen and oxygen atoms in total. The first-order valence-corrected chi connectivity index (χ1v) is 7.76. The number of aromatic nitrogens is 1. The third kappa shape index (κ3) is 2.78. The smallest absolute Gasteiger partial charge is 0.134 e. The van der Waals surface area contributed by atoms with Crippen LogP contribution in [0.3, 0.4) is 0 Å². The van der Waals surface area contributed by atoms with E-state index >= 15 is 0 Å². The van der Waals surface area contributed by atoms with Gasteiger partial charge in [0.2, 0.25) is 0 Å². The zero-order valence-electron chi connectivity index (χ0n) is 12.7. The molecule has 0 aliphatic carbocycles. The molecule has 4 heteroatoms. The number of fused-ring (bicyclic) bond motifs is 1. The summed E-state index contributed by atoms with van der Waals surface area (Å²) < 4.78 is 0. The number of nitrogens with zero attached hydrogens (tertiary/aromatic N) is 2. The molecule has 1 aliphatic heterocycles. The number of benzene rings is 1. The highest BCUT2D eigenvalue weighted by Crippen LogP contribution is 2.31. The number of pyridine rings is 1. The predicted molar refractivity (Wildman–Crippen MR) is 86.6 cm³/mol. The molecule has 1 aliphatic rings. The molecular formula is C17H21ClN2O. The van der Waals surface area contributed by atoms with Crippen molar-refractivity contribution in [3.63, 3.8) is 0 Å². The molecule has 0 spiro atoms. The summed E-state index contributed by atoms with van der Waals surface area (Å²) in [4.78, 5) is 6.71. The normalized spacial score (nSPS) is 18.2. The van der Waals surface area contributed by atoms with Gasteiger partial charge < -0.3 is 5.11 Å². The molecule has 1 aromatic carbocycles. The van der Waals surface area contributed by atoms with Crippen molar-refractivity contribution in [3.05, 3.63) is 40.5 Å². The summed E-state index contributed by atoms with van der Waals surface area (Å²) in [6.45, 7) is 8.31. The molecule has 0 atom stereocenters. The van der Waals surface area contributed by atoms with Crippen LogP contribution in [-0.2, 0) is 6.54 Å². The Kier molecular flexibility index (Phi) is 3.68. The van der Waals surface area contributed by atoms with E-state index in [2.05, 4.69) is 48.9 Å². The third-order valence-corrected chi connectivity index (χ3v) is 4.79. The summed E-state index contributed by atoms with van der Waals surface area (Å²) in [5, 5.41) is 12.0. The van der Waals surface area contributed by atoms with Gasteiger partial charge in [0, 0.05) is 30.6 Å². The van der Waals surface area contributed by atoms with Crippen molar-refractivity contribution in [2.24, 2.45) is 5.92 Å². The maximum absolute atomic E-state index is 10.3. The van der Waals surface area contributed by atoms with Gasteiger partial charge in [-0.3, -0.25) is 4.90 Å². The van der Waals surface area contributed by atoms with Gasteiger partial charge in [0.15, 0.2) is 0 Å². The highest BCUT2D eigenvalue weighted by Gasteiger charge is 2.43. The van der Waals surface area contributed by atoms with Crippen LogP contribution in [0.2, 0.25) is 5.15 Å². The van der Waals surface area contributed by atoms with E-state index in [1.54, 1.807) is 0 Å². The number of halogens is 1. The molecule has 0 unspecified atom stereocenters. The molecule has 1 N–H and O–H groups in total. The first-order chi connectivity index (χ1) is 9.87. The summed E-state index contributed by atoms with van der Waals surface area (Å²) in [6, 6.07) is 8.32. The van der Waals surface area contributed by atoms with Crippen LogP contribution in [0.1, 0.15) is 25.0 Å². The number of β-amino-alcohol motifs (C(OH)–C–C–N with tert-alkyl or cyclic N) is 1. The molecule has 0 saturated carbocycles. The highest BCUT2D eigenvalue weighted by atomic mass is 35.5. The van der Waals surface area contributed by atoms with Crippen molar-refractivity contribution in [1.82, 2.24) is 9.88 Å². The van der Waals surface area contributed by atoms with E-state index in [4.69, 9.17) is 11.6 Å². The molecule has 0 radical (unpaired) electrons. The van der Waals surface area contributed by atoms with Gasteiger partial charge in [-0.05, 0) is 30.5 Å². The van der Waals surface area contributed by atoms with Crippen molar-refractivity contribution in [1.29, 1.82) is 0 Å². The van der Waals surface area contributed by atoms with Crippen molar-refractivity contribution in [2.75, 3.05) is 13.1 Å². The van der Waals surface area contributed by atoms with Crippen molar-refractivity contribution >= 4 is 22.5 Å². The Morgan fingerprint density at radius 1 is 1.33 bits per heavy atom. The summed E-state index contributed by atoms with van der Waals surface area (Å²) in [5.41, 5.74) is 2.60. The molecule has 0 amide bonds. The van der Waals surface area contributed by atoms with Crippen LogP contribution in [0.25, 0.3) is 10.9 Å². The molecule has 21 heavy (non-hydrogen) atoms. The molecule has 2 heterocycles. The quantitative estimate of drug-likeness (QED) is 0.883. The summed E-state index contributed by atoms with van der Waals surface area (Å²) in [7, 11) is 0. The van der Waals surface area contributed by atoms with Crippen molar-refractivity contribution < 1.29 is 5.11 Å². The first-order valence-electron chi connectivity index (χ1n) is 7.38. The van der Waals surface area contributed by atoms with Gasteiger partial charge in [-0.1, -0.05) is 37.6 Å². The fourth-order valence-corrected chi connectivity index (χ4v) is 3.06. The van der Waals surface area contributed by atoms with E-state index in [0.717, 1.165) is 23.0 Å². The van der Waals surface area contributed by atoms with Gasteiger partial charge in [-0.15, -0.1) is 0 Å². The van der Waals surface area contributed by atoms with E-state index in [9.17, 15) is 5.11 Å². The number of rotatable bonds is 3. The number of likely N-dealkylation sites (tertiary alicyclic amines) is 1. The zero-order valence-corrected chi connectivity index (χ0v) is 13.5. The Morgan fingerprint density at radius 2 is 2.05 bits per heavy atom. The maximum Gasteiger partial charge on any atom is 0.134 e. The predicted octanol–water partition coefficient (Wildman–Crippen LogP) is 3.40. The van der Waals surface area contributed by atoms with E-state index < -0.39 is 5.60 Å². The van der Waals surface area contributed by atoms with Crippen LogP contribution in [-0.4, -0.2) is 33.7 Å². The molecule has 1 saturated heterocycles. The number of hydrogen-bond acceptors (Lipinski definition) is 3. The minimum atomic E-state index is -0.548. The lowest BCUT2D eigenvalue weighted by Crippen LogP contribution is -2.63. The molecule has 112 valence electrons. The zero-order chi connectivity index (χ0) is 15.2. The van der Waals surface area contributed by atoms with Crippen molar-refractivity contribution in [2.45, 2.75) is 32.9 Å². The van der Waals surface area contributed by atoms with Gasteiger partial charge in [-0.25, -0.2) is 4.98 Å². The lowest BCUT2D eigenvalue weighted by atomic mass is 9.83. The minimum absolute atomic E-state index is 0.280. The lowest BCUT2D eigenvalue weighted by Gasteiger charge is -2.49. The van der Waals surface area contributed by atoms with Crippen molar-refractivity contribution in [3.8, 4) is 0 Å². The number of hydrogen-bond donors (Lipinski definition) is 1. The standard InChI is InChI=1S/C17H21ClN2O/c1-11(2)17(21)9-20(10-17)8-14-7-13-5-4-12(3)6-15(13)19-16(14)18/h4-7,11,21H,8-10H2,1-3H3. The largest absolute Gasteiger partial charge is 0.387 e. The molecular weight excluding hydrogens is 284 g/mol. The Labute approximate surface area is 130 Å². The third-order valence-electron chi connectivity index (χ3n) is 4.46. The van der Waals surface area contributed by atoms with Gasteiger partial charge >= 0.3 is 0 Å². The topological polar surface area (TPSA) is 36.4 Å². The molecule has 3 rings (SSSR count). The fraction of sp³-hybridized carbons (Fsp3) is 0.471. The first kappa shape index (κ1) is 14.8. The second-order valence-electron chi connectivity index (χ2n) is 6.54. The van der Waals surface area contributed by atoms with Gasteiger partial charge in [-0.2, -0.15) is 0 Å². The fourth-order valence-electron chi connectivity index (χ4n) is 2.85. The summed E-state index contributed by atoms with van der Waals surface area (Å²) in [5.74, 6) is 0.280. The molecule has 2 aromatic rings. The second-order valence-corrected chi connectivity index (χ2v) is 6.90. The Bertz CT molecular complexity index is 678. The van der Waals surface area contributed by atoms with Crippen LogP contribution >= 0.6 is 11.6 Å². The molecule has 0 bridgehead atoms. The van der Waals surface area contributed by atoms with E-state index in [1.807, 2.05) is 6.07 Å². The van der Waals surface area contributed by atoms with Crippen LogP contribution < -0.4 is 0 Å². The summed E-state index contributed by atoms with van der Waals surface area (Å²) >= 11 is 6.31. The van der Waals surface area contributed by atoms with Crippen LogP contribution in [0.5, 0.6) is 0 Å². The van der Waals surface area contributed by atoms with Crippen LogP contribution in [0.15, 0.2) is 24.3 Å². The number of aliphatic hydroxyl groups is 1. The summed E-state index contributed by atoms with van der Waals surface area (Å²) in [6.07, 6.45) is 0. The second kappa shape index (κ2) is 5.24.